The summed E-state index contributed by atoms with van der Waals surface area (Å²) in [5.74, 6) is -2.14. The first-order valence-corrected chi connectivity index (χ1v) is 8.11. The minimum atomic E-state index is -0.694. The number of carbonyl (C=O) groups is 3. The van der Waals surface area contributed by atoms with Gasteiger partial charge in [-0.3, -0.25) is 9.59 Å². The molecule has 0 radical (unpaired) electrons. The first-order valence-electron chi connectivity index (χ1n) is 7.74. The molecule has 1 aromatic rings. The van der Waals surface area contributed by atoms with E-state index in [9.17, 15) is 18.8 Å². The van der Waals surface area contributed by atoms with E-state index in [4.69, 9.17) is 22.1 Å². The van der Waals surface area contributed by atoms with Gasteiger partial charge in [-0.25, -0.2) is 9.18 Å². The molecule has 0 unspecified atom stereocenters. The summed E-state index contributed by atoms with van der Waals surface area (Å²) >= 11 is 5.64. The summed E-state index contributed by atoms with van der Waals surface area (Å²) in [6, 6.07) is 4.01. The normalized spacial score (nSPS) is 15.4. The van der Waals surface area contributed by atoms with Crippen LogP contribution in [0.15, 0.2) is 24.3 Å². The summed E-state index contributed by atoms with van der Waals surface area (Å²) in [4.78, 5) is 36.3. The summed E-state index contributed by atoms with van der Waals surface area (Å²) in [6.45, 7) is 0.441. The molecule has 1 heterocycles. The van der Waals surface area contributed by atoms with Crippen LogP contribution < -0.4 is 5.73 Å². The molecule has 134 valence electrons. The lowest BCUT2D eigenvalue weighted by atomic mass is 9.96. The maximum Gasteiger partial charge on any atom is 0.331 e. The first-order chi connectivity index (χ1) is 11.9. The van der Waals surface area contributed by atoms with Crippen molar-refractivity contribution in [3.8, 4) is 0 Å². The number of esters is 1. The van der Waals surface area contributed by atoms with Gasteiger partial charge in [-0.15, -0.1) is 0 Å². The molecule has 0 aliphatic carbocycles. The van der Waals surface area contributed by atoms with Gasteiger partial charge in [0, 0.05) is 25.1 Å². The van der Waals surface area contributed by atoms with E-state index in [1.54, 1.807) is 0 Å². The van der Waals surface area contributed by atoms with Crippen LogP contribution in [0.5, 0.6) is 0 Å². The Labute approximate surface area is 149 Å². The Kier molecular flexibility index (Phi) is 6.52. The number of piperidine rings is 1. The molecule has 2 amide bonds. The molecule has 8 heteroatoms. The second kappa shape index (κ2) is 8.62. The molecular weight excluding hydrogens is 351 g/mol. The second-order valence-electron chi connectivity index (χ2n) is 5.67. The lowest BCUT2D eigenvalue weighted by molar-refractivity contribution is -0.149. The molecular formula is C17H18ClFN2O4. The van der Waals surface area contributed by atoms with E-state index < -0.39 is 11.8 Å². The molecule has 1 aliphatic rings. The molecule has 2 N–H and O–H groups in total. The lowest BCUT2D eigenvalue weighted by Gasteiger charge is -2.30. The fraction of sp³-hybridized carbons (Fsp3) is 0.353. The van der Waals surface area contributed by atoms with Crippen LogP contribution >= 0.6 is 11.6 Å². The number of benzene rings is 1. The smallest absolute Gasteiger partial charge is 0.331 e. The summed E-state index contributed by atoms with van der Waals surface area (Å²) < 4.78 is 17.9. The number of hydrogen-bond donors (Lipinski definition) is 1. The van der Waals surface area contributed by atoms with Crippen molar-refractivity contribution < 1.29 is 23.5 Å². The zero-order valence-electron chi connectivity index (χ0n) is 13.4. The largest absolute Gasteiger partial charge is 0.452 e. The van der Waals surface area contributed by atoms with Crippen molar-refractivity contribution in [3.05, 3.63) is 40.7 Å². The highest BCUT2D eigenvalue weighted by Crippen LogP contribution is 2.17. The number of carbonyl (C=O) groups excluding carboxylic acids is 3. The number of nitrogens with two attached hydrogens (primary N) is 1. The van der Waals surface area contributed by atoms with Crippen molar-refractivity contribution in [2.24, 2.45) is 11.7 Å². The van der Waals surface area contributed by atoms with Crippen LogP contribution in [0.4, 0.5) is 4.39 Å². The number of rotatable bonds is 5. The number of ether oxygens (including phenoxy) is 1. The summed E-state index contributed by atoms with van der Waals surface area (Å²) in [5, 5.41) is -0.0509. The predicted octanol–water partition coefficient (Wildman–Crippen LogP) is 1.76. The summed E-state index contributed by atoms with van der Waals surface area (Å²) in [7, 11) is 0. The third-order valence-electron chi connectivity index (χ3n) is 3.94. The molecule has 0 spiro atoms. The number of likely N-dealkylation sites (tertiary alicyclic amines) is 1. The van der Waals surface area contributed by atoms with Gasteiger partial charge >= 0.3 is 5.97 Å². The third-order valence-corrected chi connectivity index (χ3v) is 4.23. The van der Waals surface area contributed by atoms with Gasteiger partial charge in [0.15, 0.2) is 6.61 Å². The zero-order chi connectivity index (χ0) is 18.4. The maximum absolute atomic E-state index is 13.0. The average molecular weight is 369 g/mol. The fourth-order valence-electron chi connectivity index (χ4n) is 2.47. The Morgan fingerprint density at radius 1 is 1.32 bits per heavy atom. The average Bonchev–Trinajstić information content (AvgIpc) is 2.60. The van der Waals surface area contributed by atoms with E-state index in [2.05, 4.69) is 0 Å². The van der Waals surface area contributed by atoms with Gasteiger partial charge in [0.05, 0.1) is 5.02 Å². The number of amides is 2. The van der Waals surface area contributed by atoms with Gasteiger partial charge in [0.2, 0.25) is 5.91 Å². The number of halogens is 2. The van der Waals surface area contributed by atoms with E-state index in [-0.39, 0.29) is 29.4 Å². The van der Waals surface area contributed by atoms with E-state index in [0.29, 0.717) is 31.5 Å². The Balaban J connectivity index is 1.77. The molecule has 1 saturated heterocycles. The van der Waals surface area contributed by atoms with Crippen molar-refractivity contribution in [1.29, 1.82) is 0 Å². The van der Waals surface area contributed by atoms with Crippen molar-refractivity contribution in [1.82, 2.24) is 4.90 Å². The lowest BCUT2D eigenvalue weighted by Crippen LogP contribution is -2.43. The fourth-order valence-corrected chi connectivity index (χ4v) is 2.65. The number of primary amides is 1. The molecule has 25 heavy (non-hydrogen) atoms. The molecule has 0 bridgehead atoms. The van der Waals surface area contributed by atoms with Crippen LogP contribution in [0.25, 0.3) is 6.08 Å². The third kappa shape index (κ3) is 5.56. The first kappa shape index (κ1) is 18.9. The second-order valence-corrected chi connectivity index (χ2v) is 6.08. The van der Waals surface area contributed by atoms with Crippen molar-refractivity contribution in [2.75, 3.05) is 19.7 Å². The molecule has 1 aliphatic heterocycles. The Bertz CT molecular complexity index is 700. The zero-order valence-corrected chi connectivity index (χ0v) is 14.2. The molecule has 1 aromatic carbocycles. The molecule has 6 nitrogen and oxygen atoms in total. The molecule has 0 atom stereocenters. The van der Waals surface area contributed by atoms with Gasteiger partial charge in [-0.05, 0) is 36.6 Å². The Hall–Kier alpha value is -2.41. The van der Waals surface area contributed by atoms with E-state index in [0.717, 1.165) is 6.08 Å². The highest BCUT2D eigenvalue weighted by atomic mass is 35.5. The predicted molar refractivity (Wildman–Crippen MR) is 89.9 cm³/mol. The van der Waals surface area contributed by atoms with Crippen LogP contribution in [0.1, 0.15) is 18.4 Å². The number of nitrogens with zero attached hydrogens (tertiary/aromatic N) is 1. The minimum Gasteiger partial charge on any atom is -0.452 e. The molecule has 0 aromatic heterocycles. The number of hydrogen-bond acceptors (Lipinski definition) is 4. The van der Waals surface area contributed by atoms with Crippen molar-refractivity contribution in [2.45, 2.75) is 12.8 Å². The highest BCUT2D eigenvalue weighted by Gasteiger charge is 2.26. The standard InChI is InChI=1S/C17H18ClFN2O4/c18-13-9-11(1-3-14(13)19)2-4-16(23)25-10-15(22)21-7-5-12(6-8-21)17(20)24/h1-4,9,12H,5-8,10H2,(H2,20,24)/b4-2+. The van der Waals surface area contributed by atoms with Crippen LogP contribution in [0.2, 0.25) is 5.02 Å². The Morgan fingerprint density at radius 3 is 2.60 bits per heavy atom. The highest BCUT2D eigenvalue weighted by molar-refractivity contribution is 6.30. The molecule has 0 saturated carbocycles. The van der Waals surface area contributed by atoms with Crippen molar-refractivity contribution >= 4 is 35.5 Å². The molecule has 2 rings (SSSR count). The topological polar surface area (TPSA) is 89.7 Å². The van der Waals surface area contributed by atoms with Gasteiger partial charge in [-0.2, -0.15) is 0 Å². The maximum atomic E-state index is 13.0. The summed E-state index contributed by atoms with van der Waals surface area (Å²) in [5.41, 5.74) is 5.77. The van der Waals surface area contributed by atoms with Gasteiger partial charge in [0.1, 0.15) is 5.82 Å². The minimum absolute atomic E-state index is 0.0509. The van der Waals surface area contributed by atoms with Gasteiger partial charge < -0.3 is 15.4 Å². The van der Waals surface area contributed by atoms with E-state index in [1.165, 1.54) is 29.2 Å². The van der Waals surface area contributed by atoms with Crippen LogP contribution in [0.3, 0.4) is 0 Å². The van der Waals surface area contributed by atoms with Gasteiger partial charge in [-0.1, -0.05) is 17.7 Å². The monoisotopic (exact) mass is 368 g/mol. The van der Waals surface area contributed by atoms with Crippen molar-refractivity contribution in [3.63, 3.8) is 0 Å². The summed E-state index contributed by atoms with van der Waals surface area (Å²) in [6.07, 6.45) is 3.58. The van der Waals surface area contributed by atoms with Crippen LogP contribution in [-0.2, 0) is 19.1 Å². The SMILES string of the molecule is NC(=O)C1CCN(C(=O)COC(=O)/C=C/c2ccc(F)c(Cl)c2)CC1. The van der Waals surface area contributed by atoms with E-state index >= 15 is 0 Å². The molecule has 1 fully saturated rings. The Morgan fingerprint density at radius 2 is 2.00 bits per heavy atom. The van der Waals surface area contributed by atoms with Crippen LogP contribution in [-0.4, -0.2) is 42.4 Å². The van der Waals surface area contributed by atoms with Gasteiger partial charge in [0.25, 0.3) is 5.91 Å². The van der Waals surface area contributed by atoms with E-state index in [1.807, 2.05) is 0 Å². The quantitative estimate of drug-likeness (QED) is 0.633. The van der Waals surface area contributed by atoms with Crippen LogP contribution in [0, 0.1) is 11.7 Å².